The summed E-state index contributed by atoms with van der Waals surface area (Å²) in [6.07, 6.45) is 1.09. The standard InChI is InChI=1S/C11H19N3O3.ClH/c1-7-10(15)13-4-5-14(7)11(16)9-3-2-8(6-12)17-9;/h7-9H,2-6,12H2,1H3,(H,13,15);1H/t7?,8-,9+;/m1./s1. The smallest absolute Gasteiger partial charge is 0.252 e. The molecule has 3 N–H and O–H groups in total. The third kappa shape index (κ3) is 2.93. The Balaban J connectivity index is 0.00000162. The maximum Gasteiger partial charge on any atom is 0.252 e. The molecule has 0 aromatic carbocycles. The summed E-state index contributed by atoms with van der Waals surface area (Å²) in [7, 11) is 0. The van der Waals surface area contributed by atoms with Crippen LogP contribution in [0.2, 0.25) is 0 Å². The molecule has 0 spiro atoms. The van der Waals surface area contributed by atoms with Gasteiger partial charge in [-0.3, -0.25) is 9.59 Å². The number of ether oxygens (including phenoxy) is 1. The molecule has 0 aliphatic carbocycles. The minimum Gasteiger partial charge on any atom is -0.364 e. The highest BCUT2D eigenvalue weighted by Crippen LogP contribution is 2.22. The van der Waals surface area contributed by atoms with E-state index in [1.807, 2.05) is 0 Å². The fraction of sp³-hybridized carbons (Fsp3) is 0.818. The Hall–Kier alpha value is -0.850. The third-order valence-electron chi connectivity index (χ3n) is 3.43. The van der Waals surface area contributed by atoms with Gasteiger partial charge < -0.3 is 20.7 Å². The molecule has 1 unspecified atom stereocenters. The van der Waals surface area contributed by atoms with Crippen molar-refractivity contribution in [3.8, 4) is 0 Å². The Morgan fingerprint density at radius 3 is 2.89 bits per heavy atom. The number of carbonyl (C=O) groups is 2. The van der Waals surface area contributed by atoms with Gasteiger partial charge in [-0.25, -0.2) is 0 Å². The van der Waals surface area contributed by atoms with E-state index in [1.165, 1.54) is 0 Å². The molecule has 7 heteroatoms. The quantitative estimate of drug-likeness (QED) is 0.696. The highest BCUT2D eigenvalue weighted by atomic mass is 35.5. The first kappa shape index (κ1) is 15.2. The van der Waals surface area contributed by atoms with Crippen molar-refractivity contribution in [2.75, 3.05) is 19.6 Å². The van der Waals surface area contributed by atoms with Gasteiger partial charge in [-0.2, -0.15) is 0 Å². The van der Waals surface area contributed by atoms with E-state index < -0.39 is 12.1 Å². The average Bonchev–Trinajstić information content (AvgIpc) is 2.80. The number of nitrogens with one attached hydrogen (secondary N) is 1. The van der Waals surface area contributed by atoms with Gasteiger partial charge in [-0.15, -0.1) is 12.4 Å². The van der Waals surface area contributed by atoms with E-state index in [1.54, 1.807) is 11.8 Å². The van der Waals surface area contributed by atoms with E-state index in [0.29, 0.717) is 26.1 Å². The Morgan fingerprint density at radius 2 is 2.28 bits per heavy atom. The van der Waals surface area contributed by atoms with Crippen LogP contribution >= 0.6 is 12.4 Å². The molecule has 18 heavy (non-hydrogen) atoms. The van der Waals surface area contributed by atoms with E-state index in [2.05, 4.69) is 5.32 Å². The van der Waals surface area contributed by atoms with Crippen LogP contribution in [-0.2, 0) is 14.3 Å². The van der Waals surface area contributed by atoms with Crippen LogP contribution in [0, 0.1) is 0 Å². The van der Waals surface area contributed by atoms with Crippen LogP contribution in [0.3, 0.4) is 0 Å². The van der Waals surface area contributed by atoms with Gasteiger partial charge in [0.2, 0.25) is 5.91 Å². The van der Waals surface area contributed by atoms with Crippen LogP contribution in [0.4, 0.5) is 0 Å². The molecular weight excluding hydrogens is 258 g/mol. The molecule has 0 radical (unpaired) electrons. The second kappa shape index (κ2) is 6.36. The van der Waals surface area contributed by atoms with Crippen molar-refractivity contribution < 1.29 is 14.3 Å². The highest BCUT2D eigenvalue weighted by Gasteiger charge is 2.37. The first-order chi connectivity index (χ1) is 8.13. The second-order valence-corrected chi connectivity index (χ2v) is 4.56. The largest absolute Gasteiger partial charge is 0.364 e. The molecule has 0 aromatic rings. The van der Waals surface area contributed by atoms with Gasteiger partial charge in [0.25, 0.3) is 5.91 Å². The summed E-state index contributed by atoms with van der Waals surface area (Å²) in [5.41, 5.74) is 5.51. The van der Waals surface area contributed by atoms with Crippen LogP contribution in [0.15, 0.2) is 0 Å². The normalized spacial score (nSPS) is 31.8. The number of nitrogens with zero attached hydrogens (tertiary/aromatic N) is 1. The van der Waals surface area contributed by atoms with Gasteiger partial charge >= 0.3 is 0 Å². The van der Waals surface area contributed by atoms with Gasteiger partial charge in [0.05, 0.1) is 6.10 Å². The van der Waals surface area contributed by atoms with Crippen LogP contribution < -0.4 is 11.1 Å². The number of nitrogens with two attached hydrogens (primary N) is 1. The number of rotatable bonds is 2. The predicted molar refractivity (Wildman–Crippen MR) is 68.4 cm³/mol. The summed E-state index contributed by atoms with van der Waals surface area (Å²) in [6.45, 7) is 3.25. The van der Waals surface area contributed by atoms with Crippen LogP contribution in [0.1, 0.15) is 19.8 Å². The van der Waals surface area contributed by atoms with Crippen molar-refractivity contribution in [3.05, 3.63) is 0 Å². The second-order valence-electron chi connectivity index (χ2n) is 4.56. The fourth-order valence-electron chi connectivity index (χ4n) is 2.33. The molecule has 2 fully saturated rings. The topological polar surface area (TPSA) is 84.7 Å². The number of halogens is 1. The van der Waals surface area contributed by atoms with E-state index >= 15 is 0 Å². The van der Waals surface area contributed by atoms with E-state index in [9.17, 15) is 9.59 Å². The summed E-state index contributed by atoms with van der Waals surface area (Å²) in [5, 5.41) is 2.73. The lowest BCUT2D eigenvalue weighted by Gasteiger charge is -2.34. The van der Waals surface area contributed by atoms with Crippen molar-refractivity contribution in [3.63, 3.8) is 0 Å². The van der Waals surface area contributed by atoms with Crippen molar-refractivity contribution in [2.24, 2.45) is 5.73 Å². The summed E-state index contributed by atoms with van der Waals surface area (Å²) in [6, 6.07) is -0.406. The monoisotopic (exact) mass is 277 g/mol. The summed E-state index contributed by atoms with van der Waals surface area (Å²) in [5.74, 6) is -0.179. The highest BCUT2D eigenvalue weighted by molar-refractivity contribution is 5.90. The van der Waals surface area contributed by atoms with Crippen molar-refractivity contribution in [1.29, 1.82) is 0 Å². The number of hydrogen-bond acceptors (Lipinski definition) is 4. The first-order valence-corrected chi connectivity index (χ1v) is 6.07. The van der Waals surface area contributed by atoms with E-state index in [-0.39, 0.29) is 30.3 Å². The molecule has 6 nitrogen and oxygen atoms in total. The maximum absolute atomic E-state index is 12.2. The lowest BCUT2D eigenvalue weighted by atomic mass is 10.1. The van der Waals surface area contributed by atoms with Crippen molar-refractivity contribution in [2.45, 2.75) is 38.0 Å². The Bertz CT molecular complexity index is 327. The lowest BCUT2D eigenvalue weighted by Crippen LogP contribution is -2.58. The van der Waals surface area contributed by atoms with Gasteiger partial charge in [-0.1, -0.05) is 0 Å². The molecule has 2 aliphatic rings. The lowest BCUT2D eigenvalue weighted by molar-refractivity contribution is -0.150. The van der Waals surface area contributed by atoms with Crippen molar-refractivity contribution in [1.82, 2.24) is 10.2 Å². The van der Waals surface area contributed by atoms with Gasteiger partial charge in [0, 0.05) is 19.6 Å². The third-order valence-corrected chi connectivity index (χ3v) is 3.43. The van der Waals surface area contributed by atoms with Gasteiger partial charge in [0.1, 0.15) is 12.1 Å². The molecule has 2 heterocycles. The van der Waals surface area contributed by atoms with E-state index in [0.717, 1.165) is 6.42 Å². The molecule has 104 valence electrons. The summed E-state index contributed by atoms with van der Waals surface area (Å²) < 4.78 is 5.56. The van der Waals surface area contributed by atoms with Gasteiger partial charge in [-0.05, 0) is 19.8 Å². The van der Waals surface area contributed by atoms with Crippen LogP contribution in [0.5, 0.6) is 0 Å². The zero-order chi connectivity index (χ0) is 12.4. The molecular formula is C11H20ClN3O3. The molecule has 0 aromatic heterocycles. The Morgan fingerprint density at radius 1 is 1.56 bits per heavy atom. The number of amides is 2. The SMILES string of the molecule is CC1C(=O)NCCN1C(=O)[C@@H]1CC[C@H](CN)O1.Cl. The minimum absolute atomic E-state index is 0. The van der Waals surface area contributed by atoms with Crippen LogP contribution in [-0.4, -0.2) is 54.6 Å². The van der Waals surface area contributed by atoms with E-state index in [4.69, 9.17) is 10.5 Å². The van der Waals surface area contributed by atoms with Gasteiger partial charge in [0.15, 0.2) is 0 Å². The average molecular weight is 278 g/mol. The Labute approximate surface area is 113 Å². The van der Waals surface area contributed by atoms with Crippen molar-refractivity contribution >= 4 is 24.2 Å². The molecule has 2 saturated heterocycles. The molecule has 2 aliphatic heterocycles. The molecule has 0 saturated carbocycles. The van der Waals surface area contributed by atoms with Crippen LogP contribution in [0.25, 0.3) is 0 Å². The minimum atomic E-state index is -0.420. The molecule has 2 amide bonds. The molecule has 3 atom stereocenters. The predicted octanol–water partition coefficient (Wildman–Crippen LogP) is -0.739. The number of carbonyl (C=O) groups excluding carboxylic acids is 2. The number of hydrogen-bond donors (Lipinski definition) is 2. The molecule has 0 bridgehead atoms. The maximum atomic E-state index is 12.2. The number of piperazine rings is 1. The zero-order valence-corrected chi connectivity index (χ0v) is 11.2. The summed E-state index contributed by atoms with van der Waals surface area (Å²) >= 11 is 0. The molecule has 2 rings (SSSR count). The fourth-order valence-corrected chi connectivity index (χ4v) is 2.33. The summed E-state index contributed by atoms with van der Waals surface area (Å²) in [4.78, 5) is 25.3. The first-order valence-electron chi connectivity index (χ1n) is 6.07. The zero-order valence-electron chi connectivity index (χ0n) is 10.4. The Kier molecular flexibility index (Phi) is 5.37.